The maximum atomic E-state index is 15.3. The molecule has 1 fully saturated rings. The summed E-state index contributed by atoms with van der Waals surface area (Å²) in [5.74, 6) is -2.29. The summed E-state index contributed by atoms with van der Waals surface area (Å²) < 4.78 is 54.2. The molecule has 1 aromatic carbocycles. The van der Waals surface area contributed by atoms with Crippen LogP contribution in [-0.4, -0.2) is 49.5 Å². The Morgan fingerprint density at radius 1 is 1.09 bits per heavy atom. The van der Waals surface area contributed by atoms with Crippen LogP contribution in [0.15, 0.2) is 59.8 Å². The van der Waals surface area contributed by atoms with E-state index >= 15 is 4.39 Å². The predicted octanol–water partition coefficient (Wildman–Crippen LogP) is 4.70. The Balaban J connectivity index is 1.46. The summed E-state index contributed by atoms with van der Waals surface area (Å²) >= 11 is 0. The van der Waals surface area contributed by atoms with Gasteiger partial charge in [0.25, 0.3) is 0 Å². The molecular formula is C26H30F2N4O2S. The molecule has 3 aromatic rings. The number of aromatic nitrogens is 2. The molecule has 35 heavy (non-hydrogen) atoms. The van der Waals surface area contributed by atoms with Gasteiger partial charge in [0, 0.05) is 37.8 Å². The van der Waals surface area contributed by atoms with Gasteiger partial charge in [-0.1, -0.05) is 36.4 Å². The zero-order valence-electron chi connectivity index (χ0n) is 20.2. The molecular weight excluding hydrogens is 470 g/mol. The molecule has 186 valence electrons. The van der Waals surface area contributed by atoms with E-state index in [1.165, 1.54) is 23.9 Å². The van der Waals surface area contributed by atoms with Crippen LogP contribution in [0.25, 0.3) is 0 Å². The summed E-state index contributed by atoms with van der Waals surface area (Å²) in [7, 11) is -2.24. The van der Waals surface area contributed by atoms with E-state index < -0.39 is 32.4 Å². The van der Waals surface area contributed by atoms with Crippen molar-refractivity contribution >= 4 is 15.5 Å². The van der Waals surface area contributed by atoms with Crippen LogP contribution in [0, 0.1) is 18.7 Å². The molecule has 0 saturated carbocycles. The SMILES string of the molecule is Cc1c(N(C)C2CCN([C@H](C)c3ccccc3)CC2)cnc(S(=O)(=O)Cc2cccc(F)n2)c1F. The summed E-state index contributed by atoms with van der Waals surface area (Å²) in [4.78, 5) is 12.0. The van der Waals surface area contributed by atoms with Gasteiger partial charge in [0.05, 0.1) is 23.3 Å². The third-order valence-corrected chi connectivity index (χ3v) is 8.42. The van der Waals surface area contributed by atoms with Gasteiger partial charge in [-0.3, -0.25) is 4.90 Å². The average Bonchev–Trinajstić information content (AvgIpc) is 2.85. The molecule has 0 amide bonds. The number of nitrogens with zero attached hydrogens (tertiary/aromatic N) is 4. The molecule has 1 aliphatic rings. The first-order valence-corrected chi connectivity index (χ1v) is 13.3. The molecule has 4 rings (SSSR count). The van der Waals surface area contributed by atoms with Gasteiger partial charge in [0.15, 0.2) is 10.8 Å². The lowest BCUT2D eigenvalue weighted by Gasteiger charge is -2.40. The van der Waals surface area contributed by atoms with Crippen molar-refractivity contribution in [3.8, 4) is 0 Å². The Hall–Kier alpha value is -2.91. The largest absolute Gasteiger partial charge is 0.370 e. The number of halogens is 2. The second-order valence-electron chi connectivity index (χ2n) is 9.06. The molecule has 0 N–H and O–H groups in total. The lowest BCUT2D eigenvalue weighted by Crippen LogP contribution is -2.44. The molecule has 6 nitrogen and oxygen atoms in total. The van der Waals surface area contributed by atoms with Gasteiger partial charge in [-0.25, -0.2) is 22.8 Å². The quantitative estimate of drug-likeness (QED) is 0.438. The van der Waals surface area contributed by atoms with Gasteiger partial charge in [-0.15, -0.1) is 0 Å². The van der Waals surface area contributed by atoms with Crippen LogP contribution in [-0.2, 0) is 15.6 Å². The summed E-state index contributed by atoms with van der Waals surface area (Å²) in [5, 5.41) is -0.635. The number of sulfone groups is 1. The highest BCUT2D eigenvalue weighted by Crippen LogP contribution is 2.31. The molecule has 0 bridgehead atoms. The summed E-state index contributed by atoms with van der Waals surface area (Å²) in [5.41, 5.74) is 2.08. The second-order valence-corrected chi connectivity index (χ2v) is 11.0. The number of anilines is 1. The van der Waals surface area contributed by atoms with E-state index in [0.29, 0.717) is 11.7 Å². The Morgan fingerprint density at radius 2 is 1.77 bits per heavy atom. The molecule has 0 unspecified atom stereocenters. The van der Waals surface area contributed by atoms with Crippen LogP contribution in [0.5, 0.6) is 0 Å². The fourth-order valence-electron chi connectivity index (χ4n) is 4.71. The molecule has 1 aliphatic heterocycles. The van der Waals surface area contributed by atoms with E-state index in [9.17, 15) is 12.8 Å². The number of rotatable bonds is 7. The van der Waals surface area contributed by atoms with Crippen molar-refractivity contribution in [1.29, 1.82) is 0 Å². The molecule has 0 radical (unpaired) electrons. The number of hydrogen-bond donors (Lipinski definition) is 0. The monoisotopic (exact) mass is 500 g/mol. The van der Waals surface area contributed by atoms with Crippen molar-refractivity contribution in [3.63, 3.8) is 0 Å². The number of benzene rings is 1. The predicted molar refractivity (Wildman–Crippen MR) is 132 cm³/mol. The molecule has 2 aromatic heterocycles. The van der Waals surface area contributed by atoms with Crippen molar-refractivity contribution in [2.24, 2.45) is 0 Å². The maximum Gasteiger partial charge on any atom is 0.213 e. The lowest BCUT2D eigenvalue weighted by molar-refractivity contribution is 0.162. The Bertz CT molecular complexity index is 1280. The number of hydrogen-bond acceptors (Lipinski definition) is 6. The molecule has 0 spiro atoms. The van der Waals surface area contributed by atoms with E-state index in [1.807, 2.05) is 18.0 Å². The summed E-state index contributed by atoms with van der Waals surface area (Å²) in [6, 6.07) is 14.8. The highest BCUT2D eigenvalue weighted by atomic mass is 32.2. The third-order valence-electron chi connectivity index (χ3n) is 6.87. The van der Waals surface area contributed by atoms with E-state index in [1.54, 1.807) is 6.92 Å². The Morgan fingerprint density at radius 3 is 2.43 bits per heavy atom. The minimum absolute atomic E-state index is 0.00142. The van der Waals surface area contributed by atoms with Crippen molar-refractivity contribution in [2.45, 2.75) is 49.6 Å². The van der Waals surface area contributed by atoms with E-state index in [0.717, 1.165) is 32.0 Å². The van der Waals surface area contributed by atoms with Gasteiger partial charge in [-0.2, -0.15) is 4.39 Å². The van der Waals surface area contributed by atoms with Crippen LogP contribution in [0.4, 0.5) is 14.5 Å². The van der Waals surface area contributed by atoms with Crippen LogP contribution in [0.3, 0.4) is 0 Å². The van der Waals surface area contributed by atoms with Crippen molar-refractivity contribution in [3.05, 3.63) is 83.3 Å². The molecule has 1 atom stereocenters. The second kappa shape index (κ2) is 10.4. The summed E-state index contributed by atoms with van der Waals surface area (Å²) in [6.07, 6.45) is 3.23. The van der Waals surface area contributed by atoms with Gasteiger partial charge in [-0.05, 0) is 44.4 Å². The zero-order chi connectivity index (χ0) is 25.2. The smallest absolute Gasteiger partial charge is 0.213 e. The van der Waals surface area contributed by atoms with Gasteiger partial charge >= 0.3 is 0 Å². The molecule has 9 heteroatoms. The Labute approximate surface area is 205 Å². The maximum absolute atomic E-state index is 15.3. The van der Waals surface area contributed by atoms with E-state index in [2.05, 4.69) is 46.1 Å². The number of piperidine rings is 1. The standard InChI is InChI=1S/C26H30F2N4O2S/c1-18-23(16-29-26(25(18)28)35(33,34)17-21-10-7-11-24(27)30-21)31(3)22-12-14-32(15-13-22)19(2)20-8-5-4-6-9-20/h4-11,16,19,22H,12-15,17H2,1-3H3/t19-/m1/s1. The van der Waals surface area contributed by atoms with Crippen LogP contribution >= 0.6 is 0 Å². The molecule has 3 heterocycles. The third kappa shape index (κ3) is 5.51. The highest BCUT2D eigenvalue weighted by molar-refractivity contribution is 7.90. The van der Waals surface area contributed by atoms with Crippen molar-refractivity contribution in [2.75, 3.05) is 25.0 Å². The topological polar surface area (TPSA) is 66.4 Å². The number of pyridine rings is 2. The molecule has 0 aliphatic carbocycles. The first kappa shape index (κ1) is 25.2. The molecule has 1 saturated heterocycles. The van der Waals surface area contributed by atoms with Gasteiger partial charge < -0.3 is 4.90 Å². The first-order chi connectivity index (χ1) is 16.7. The van der Waals surface area contributed by atoms with Gasteiger partial charge in [0.2, 0.25) is 15.8 Å². The normalized spacial score (nSPS) is 16.3. The zero-order valence-corrected chi connectivity index (χ0v) is 21.0. The lowest BCUT2D eigenvalue weighted by atomic mass is 9.98. The average molecular weight is 501 g/mol. The Kier molecular flexibility index (Phi) is 7.47. The van der Waals surface area contributed by atoms with Crippen LogP contribution in [0.2, 0.25) is 0 Å². The summed E-state index contributed by atoms with van der Waals surface area (Å²) in [6.45, 7) is 5.59. The van der Waals surface area contributed by atoms with E-state index in [-0.39, 0.29) is 17.3 Å². The minimum Gasteiger partial charge on any atom is -0.370 e. The first-order valence-electron chi connectivity index (χ1n) is 11.7. The highest BCUT2D eigenvalue weighted by Gasteiger charge is 2.29. The van der Waals surface area contributed by atoms with Crippen molar-refractivity contribution < 1.29 is 17.2 Å². The fourth-order valence-corrected chi connectivity index (χ4v) is 6.04. The van der Waals surface area contributed by atoms with Crippen molar-refractivity contribution in [1.82, 2.24) is 14.9 Å². The minimum atomic E-state index is -4.13. The van der Waals surface area contributed by atoms with E-state index in [4.69, 9.17) is 0 Å². The fraction of sp³-hybridized carbons (Fsp3) is 0.385. The van der Waals surface area contributed by atoms with Crippen LogP contribution in [0.1, 0.15) is 42.6 Å². The van der Waals surface area contributed by atoms with Gasteiger partial charge in [0.1, 0.15) is 0 Å². The number of likely N-dealkylation sites (tertiary alicyclic amines) is 1. The van der Waals surface area contributed by atoms with Crippen LogP contribution < -0.4 is 4.90 Å².